The molecular formula is C14H19N5O2S. The number of piperazine rings is 1. The molecule has 0 aliphatic carbocycles. The Hall–Kier alpha value is -1.77. The summed E-state index contributed by atoms with van der Waals surface area (Å²) < 4.78 is 29.1. The second-order valence-corrected chi connectivity index (χ2v) is 6.94. The van der Waals surface area contributed by atoms with E-state index < -0.39 is 10.0 Å². The summed E-state index contributed by atoms with van der Waals surface area (Å²) in [5, 5.41) is 7.57. The van der Waals surface area contributed by atoms with E-state index in [0.717, 1.165) is 5.56 Å². The monoisotopic (exact) mass is 321 g/mol. The molecule has 1 atom stereocenters. The zero-order valence-electron chi connectivity index (χ0n) is 12.4. The van der Waals surface area contributed by atoms with E-state index in [0.29, 0.717) is 26.2 Å². The fraction of sp³-hybridized carbons (Fsp3) is 0.429. The Balaban J connectivity index is 2.00. The number of nitrogens with one attached hydrogen (secondary N) is 1. The summed E-state index contributed by atoms with van der Waals surface area (Å²) in [5.41, 5.74) is 0.890. The van der Waals surface area contributed by atoms with Crippen LogP contribution in [-0.2, 0) is 16.6 Å². The van der Waals surface area contributed by atoms with Crippen molar-refractivity contribution in [2.75, 3.05) is 19.6 Å². The highest BCUT2D eigenvalue weighted by molar-refractivity contribution is 7.89. The predicted octanol–water partition coefficient (Wildman–Crippen LogP) is 0.633. The molecule has 22 heavy (non-hydrogen) atoms. The molecule has 1 aliphatic rings. The first kappa shape index (κ1) is 15.1. The van der Waals surface area contributed by atoms with E-state index in [1.54, 1.807) is 22.8 Å². The maximum atomic E-state index is 13.0. The molecule has 1 saturated heterocycles. The van der Waals surface area contributed by atoms with E-state index in [2.05, 4.69) is 15.4 Å². The Kier molecular flexibility index (Phi) is 4.23. The third kappa shape index (κ3) is 2.65. The minimum absolute atomic E-state index is 0.241. The molecule has 1 fully saturated rings. The van der Waals surface area contributed by atoms with E-state index in [1.807, 2.05) is 19.1 Å². The first-order chi connectivity index (χ1) is 10.6. The summed E-state index contributed by atoms with van der Waals surface area (Å²) in [5.74, 6) is 0. The number of rotatable bonds is 4. The van der Waals surface area contributed by atoms with Gasteiger partial charge < -0.3 is 5.32 Å². The highest BCUT2D eigenvalue weighted by Gasteiger charge is 2.36. The number of sulfonamides is 1. The van der Waals surface area contributed by atoms with E-state index in [1.165, 1.54) is 10.9 Å². The second kappa shape index (κ2) is 6.15. The molecule has 0 spiro atoms. The molecule has 0 radical (unpaired) electrons. The van der Waals surface area contributed by atoms with Crippen LogP contribution in [0.5, 0.6) is 0 Å². The lowest BCUT2D eigenvalue weighted by Gasteiger charge is -2.35. The van der Waals surface area contributed by atoms with Crippen molar-refractivity contribution in [2.45, 2.75) is 24.5 Å². The van der Waals surface area contributed by atoms with Crippen LogP contribution in [0.2, 0.25) is 0 Å². The molecule has 2 aromatic heterocycles. The van der Waals surface area contributed by atoms with Gasteiger partial charge in [0.05, 0.1) is 12.2 Å². The Morgan fingerprint density at radius 1 is 1.36 bits per heavy atom. The molecule has 1 unspecified atom stereocenters. The van der Waals surface area contributed by atoms with Gasteiger partial charge in [-0.15, -0.1) is 0 Å². The second-order valence-electron chi connectivity index (χ2n) is 5.11. The van der Waals surface area contributed by atoms with Gasteiger partial charge in [-0.3, -0.25) is 9.67 Å². The number of aromatic nitrogens is 3. The summed E-state index contributed by atoms with van der Waals surface area (Å²) >= 11 is 0. The molecule has 3 rings (SSSR count). The van der Waals surface area contributed by atoms with Gasteiger partial charge in [-0.2, -0.15) is 9.40 Å². The SMILES string of the molecule is CCn1nccc1S(=O)(=O)N1CCNCC1c1cccnc1. The van der Waals surface area contributed by atoms with Crippen LogP contribution < -0.4 is 5.32 Å². The Bertz CT molecular complexity index is 729. The molecule has 1 N–H and O–H groups in total. The van der Waals surface area contributed by atoms with Crippen molar-refractivity contribution < 1.29 is 8.42 Å². The van der Waals surface area contributed by atoms with Crippen LogP contribution in [-0.4, -0.2) is 47.1 Å². The van der Waals surface area contributed by atoms with Gasteiger partial charge in [0.15, 0.2) is 5.03 Å². The maximum absolute atomic E-state index is 13.0. The van der Waals surface area contributed by atoms with Gasteiger partial charge in [-0.25, -0.2) is 8.42 Å². The van der Waals surface area contributed by atoms with Gasteiger partial charge in [0, 0.05) is 38.6 Å². The number of hydrogen-bond acceptors (Lipinski definition) is 5. The van der Waals surface area contributed by atoms with Crippen LogP contribution in [0.4, 0.5) is 0 Å². The summed E-state index contributed by atoms with van der Waals surface area (Å²) in [6, 6.07) is 5.03. The Morgan fingerprint density at radius 3 is 2.95 bits per heavy atom. The van der Waals surface area contributed by atoms with Crippen LogP contribution in [0.15, 0.2) is 41.8 Å². The molecule has 0 bridgehead atoms. The van der Waals surface area contributed by atoms with Crippen molar-refractivity contribution in [1.29, 1.82) is 0 Å². The molecule has 0 saturated carbocycles. The van der Waals surface area contributed by atoms with Gasteiger partial charge in [-0.05, 0) is 24.6 Å². The van der Waals surface area contributed by atoms with Crippen molar-refractivity contribution in [3.63, 3.8) is 0 Å². The summed E-state index contributed by atoms with van der Waals surface area (Å²) in [6.45, 7) is 4.03. The maximum Gasteiger partial charge on any atom is 0.260 e. The third-order valence-electron chi connectivity index (χ3n) is 3.81. The molecule has 3 heterocycles. The lowest BCUT2D eigenvalue weighted by Crippen LogP contribution is -2.49. The van der Waals surface area contributed by atoms with Crippen LogP contribution in [0, 0.1) is 0 Å². The number of pyridine rings is 1. The quantitative estimate of drug-likeness (QED) is 0.893. The van der Waals surface area contributed by atoms with Gasteiger partial charge in [-0.1, -0.05) is 6.07 Å². The third-order valence-corrected chi connectivity index (χ3v) is 5.74. The Labute approximate surface area is 130 Å². The molecule has 118 valence electrons. The number of nitrogens with zero attached hydrogens (tertiary/aromatic N) is 4. The number of hydrogen-bond donors (Lipinski definition) is 1. The fourth-order valence-corrected chi connectivity index (χ4v) is 4.51. The van der Waals surface area contributed by atoms with Crippen molar-refractivity contribution in [3.8, 4) is 0 Å². The first-order valence-corrected chi connectivity index (χ1v) is 8.73. The van der Waals surface area contributed by atoms with Crippen molar-refractivity contribution in [2.24, 2.45) is 0 Å². The van der Waals surface area contributed by atoms with Crippen LogP contribution in [0.25, 0.3) is 0 Å². The molecule has 8 heteroatoms. The Morgan fingerprint density at radius 2 is 2.23 bits per heavy atom. The largest absolute Gasteiger partial charge is 0.313 e. The molecule has 7 nitrogen and oxygen atoms in total. The van der Waals surface area contributed by atoms with E-state index in [4.69, 9.17) is 0 Å². The lowest BCUT2D eigenvalue weighted by molar-refractivity contribution is 0.269. The molecular weight excluding hydrogens is 302 g/mol. The van der Waals surface area contributed by atoms with Gasteiger partial charge in [0.25, 0.3) is 10.0 Å². The van der Waals surface area contributed by atoms with E-state index in [-0.39, 0.29) is 11.1 Å². The summed E-state index contributed by atoms with van der Waals surface area (Å²) in [7, 11) is -3.59. The molecule has 0 aromatic carbocycles. The van der Waals surface area contributed by atoms with Crippen LogP contribution >= 0.6 is 0 Å². The minimum Gasteiger partial charge on any atom is -0.313 e. The van der Waals surface area contributed by atoms with Crippen LogP contribution in [0.3, 0.4) is 0 Å². The smallest absolute Gasteiger partial charge is 0.260 e. The van der Waals surface area contributed by atoms with Crippen molar-refractivity contribution in [1.82, 2.24) is 24.4 Å². The zero-order valence-corrected chi connectivity index (χ0v) is 13.2. The lowest BCUT2D eigenvalue weighted by atomic mass is 10.1. The first-order valence-electron chi connectivity index (χ1n) is 7.29. The van der Waals surface area contributed by atoms with Crippen LogP contribution in [0.1, 0.15) is 18.5 Å². The summed E-state index contributed by atoms with van der Waals surface area (Å²) in [4.78, 5) is 4.11. The van der Waals surface area contributed by atoms with E-state index in [9.17, 15) is 8.42 Å². The average molecular weight is 321 g/mol. The fourth-order valence-electron chi connectivity index (χ4n) is 2.73. The summed E-state index contributed by atoms with van der Waals surface area (Å²) in [6.07, 6.45) is 4.93. The minimum atomic E-state index is -3.59. The highest BCUT2D eigenvalue weighted by atomic mass is 32.2. The van der Waals surface area contributed by atoms with Crippen molar-refractivity contribution >= 4 is 10.0 Å². The van der Waals surface area contributed by atoms with Crippen molar-refractivity contribution in [3.05, 3.63) is 42.4 Å². The van der Waals surface area contributed by atoms with Gasteiger partial charge in [0.2, 0.25) is 0 Å². The molecule has 2 aromatic rings. The van der Waals surface area contributed by atoms with Gasteiger partial charge in [0.1, 0.15) is 0 Å². The standard InChI is InChI=1S/C14H19N5O2S/c1-2-18-14(5-7-17-18)22(20,21)19-9-8-16-11-13(19)12-4-3-6-15-10-12/h3-7,10,13,16H,2,8-9,11H2,1H3. The average Bonchev–Trinajstić information content (AvgIpc) is 3.05. The molecule has 0 amide bonds. The molecule has 1 aliphatic heterocycles. The predicted molar refractivity (Wildman–Crippen MR) is 81.6 cm³/mol. The number of aryl methyl sites for hydroxylation is 1. The van der Waals surface area contributed by atoms with Gasteiger partial charge >= 0.3 is 0 Å². The topological polar surface area (TPSA) is 80.1 Å². The van der Waals surface area contributed by atoms with E-state index >= 15 is 0 Å². The normalized spacial score (nSPS) is 20.1. The zero-order chi connectivity index (χ0) is 15.6. The highest BCUT2D eigenvalue weighted by Crippen LogP contribution is 2.28.